The van der Waals surface area contributed by atoms with Gasteiger partial charge in [-0.3, -0.25) is 23.2 Å². The Hall–Kier alpha value is -3.40. The number of phosphoric ester groups is 2. The third kappa shape index (κ3) is 32.2. The Labute approximate surface area is 443 Å². The molecule has 1 fully saturated rings. The summed E-state index contributed by atoms with van der Waals surface area (Å²) in [5, 5.41) is 51.6. The lowest BCUT2D eigenvalue weighted by atomic mass is 10.0. The van der Waals surface area contributed by atoms with Crippen LogP contribution in [0.3, 0.4) is 0 Å². The van der Waals surface area contributed by atoms with E-state index in [2.05, 4.69) is 30.1 Å². The number of ether oxygens (including phenoxy) is 3. The van der Waals surface area contributed by atoms with Gasteiger partial charge in [0.2, 0.25) is 0 Å². The first kappa shape index (κ1) is 67.7. The molecule has 2 unspecified atom stereocenters. The molecule has 0 radical (unpaired) electrons. The van der Waals surface area contributed by atoms with Crippen molar-refractivity contribution >= 4 is 33.4 Å². The van der Waals surface area contributed by atoms with Gasteiger partial charge < -0.3 is 55.3 Å². The lowest BCUT2D eigenvalue weighted by Crippen LogP contribution is -2.36. The number of esters is 2. The van der Waals surface area contributed by atoms with Gasteiger partial charge in [0.25, 0.3) is 0 Å². The van der Waals surface area contributed by atoms with Gasteiger partial charge in [0.05, 0.1) is 31.5 Å². The van der Waals surface area contributed by atoms with Gasteiger partial charge in [0, 0.05) is 19.0 Å². The van der Waals surface area contributed by atoms with Crippen molar-refractivity contribution in [2.45, 2.75) is 217 Å². The molecule has 1 aromatic heterocycles. The maximum atomic E-state index is 12.9. The van der Waals surface area contributed by atoms with Crippen molar-refractivity contribution in [2.24, 2.45) is 5.92 Å². The zero-order valence-electron chi connectivity index (χ0n) is 44.3. The number of aromatic nitrogens is 2. The zero-order chi connectivity index (χ0) is 55.5. The van der Waals surface area contributed by atoms with E-state index in [4.69, 9.17) is 29.0 Å². The highest BCUT2D eigenvalue weighted by Crippen LogP contribution is 2.60. The quantitative estimate of drug-likeness (QED) is 0.0132. The molecule has 2 heterocycles. The monoisotopic (exact) mass is 1110 g/mol. The Kier molecular flexibility index (Phi) is 35.2. The van der Waals surface area contributed by atoms with E-state index in [9.17, 15) is 58.8 Å². The largest absolute Gasteiger partial charge is 0.481 e. The minimum Gasteiger partial charge on any atom is -0.462 e. The first-order valence-electron chi connectivity index (χ1n) is 26.8. The van der Waals surface area contributed by atoms with Gasteiger partial charge in [-0.1, -0.05) is 179 Å². The summed E-state index contributed by atoms with van der Waals surface area (Å²) in [6.45, 7) is 4.04. The van der Waals surface area contributed by atoms with Gasteiger partial charge in [-0.25, -0.2) is 13.9 Å². The van der Waals surface area contributed by atoms with E-state index in [1.54, 1.807) is 42.5 Å². The summed E-state index contributed by atoms with van der Waals surface area (Å²) in [6, 6.07) is 1.23. The molecule has 9 N–H and O–H groups in total. The van der Waals surface area contributed by atoms with Gasteiger partial charge in [-0.05, 0) is 37.7 Å². The fourth-order valence-corrected chi connectivity index (χ4v) is 9.99. The highest BCUT2D eigenvalue weighted by molar-refractivity contribution is 7.61. The smallest absolute Gasteiger partial charge is 0.462 e. The van der Waals surface area contributed by atoms with Gasteiger partial charge in [-0.15, -0.1) is 0 Å². The molecule has 2 rings (SSSR count). The first-order valence-corrected chi connectivity index (χ1v) is 29.8. The minimum absolute atomic E-state index is 0.0113. The number of aliphatic hydroxyl groups excluding tert-OH is 5. The molecular weight excluding hydrogens is 1020 g/mol. The summed E-state index contributed by atoms with van der Waals surface area (Å²) in [4.78, 5) is 62.0. The topological polar surface area (TPSA) is 326 Å². The summed E-state index contributed by atoms with van der Waals surface area (Å²) >= 11 is 0. The number of carbonyl (C=O) groups excluding carboxylic acids is 2. The molecule has 0 spiro atoms. The molecule has 0 amide bonds. The fraction of sp³-hybridized carbons (Fsp3) is 0.731. The van der Waals surface area contributed by atoms with Crippen LogP contribution in [0.2, 0.25) is 0 Å². The predicted octanol–water partition coefficient (Wildman–Crippen LogP) is 8.11. The average Bonchev–Trinajstić information content (AvgIpc) is 3.63. The van der Waals surface area contributed by atoms with Crippen LogP contribution in [-0.4, -0.2) is 119 Å². The lowest BCUT2D eigenvalue weighted by Gasteiger charge is -2.21. The van der Waals surface area contributed by atoms with Crippen LogP contribution in [0.4, 0.5) is 5.82 Å². The molecule has 1 aliphatic rings. The predicted molar refractivity (Wildman–Crippen MR) is 284 cm³/mol. The number of hydrogen-bond acceptors (Lipinski definition) is 18. The molecule has 10 atom stereocenters. The Balaban J connectivity index is 1.87. The number of anilines is 1. The van der Waals surface area contributed by atoms with Gasteiger partial charge in [0.1, 0.15) is 30.7 Å². The number of allylic oxidation sites excluding steroid dienone is 6. The van der Waals surface area contributed by atoms with Crippen molar-refractivity contribution < 1.29 is 81.6 Å². The van der Waals surface area contributed by atoms with Crippen LogP contribution in [0.15, 0.2) is 65.7 Å². The van der Waals surface area contributed by atoms with Crippen molar-refractivity contribution in [3.63, 3.8) is 0 Å². The second-order valence-corrected chi connectivity index (χ2v) is 22.5. The molecule has 21 nitrogen and oxygen atoms in total. The van der Waals surface area contributed by atoms with E-state index in [1.807, 2.05) is 0 Å². The maximum Gasteiger partial charge on any atom is 0.481 e. The normalized spacial score (nSPS) is 20.5. The van der Waals surface area contributed by atoms with E-state index in [-0.39, 0.29) is 31.5 Å². The van der Waals surface area contributed by atoms with E-state index >= 15 is 0 Å². The highest BCUT2D eigenvalue weighted by Gasteiger charge is 2.46. The molecule has 23 heteroatoms. The van der Waals surface area contributed by atoms with Crippen molar-refractivity contribution in [3.8, 4) is 0 Å². The second-order valence-electron chi connectivity index (χ2n) is 19.4. The molecule has 75 heavy (non-hydrogen) atoms. The summed E-state index contributed by atoms with van der Waals surface area (Å²) in [7, 11) is -11.0. The van der Waals surface area contributed by atoms with Gasteiger partial charge >= 0.3 is 33.3 Å². The molecule has 0 saturated carbocycles. The molecular formula is C52H89N3O18P2. The summed E-state index contributed by atoms with van der Waals surface area (Å²) in [5.41, 5.74) is 4.56. The minimum atomic E-state index is -5.50. The Morgan fingerprint density at radius 3 is 1.87 bits per heavy atom. The van der Waals surface area contributed by atoms with Crippen LogP contribution in [0.25, 0.3) is 0 Å². The van der Waals surface area contributed by atoms with Crippen LogP contribution in [0.1, 0.15) is 175 Å². The van der Waals surface area contributed by atoms with Gasteiger partial charge in [0.15, 0.2) is 12.3 Å². The van der Waals surface area contributed by atoms with E-state index in [0.29, 0.717) is 12.8 Å². The number of nitrogens with two attached hydrogens (primary N) is 1. The van der Waals surface area contributed by atoms with Crippen molar-refractivity contribution in [2.75, 3.05) is 25.6 Å². The molecule has 0 aliphatic carbocycles. The number of nitrogen functional groups attached to an aromatic ring is 1. The summed E-state index contributed by atoms with van der Waals surface area (Å²) in [5.74, 6) is -0.866. The second kappa shape index (κ2) is 39.0. The molecule has 430 valence electrons. The maximum absolute atomic E-state index is 12.9. The van der Waals surface area contributed by atoms with Crippen LogP contribution in [0, 0.1) is 5.92 Å². The van der Waals surface area contributed by atoms with E-state index < -0.39 is 102 Å². The highest BCUT2D eigenvalue weighted by atomic mass is 31.3. The van der Waals surface area contributed by atoms with Crippen LogP contribution >= 0.6 is 15.6 Å². The molecule has 0 bridgehead atoms. The summed E-state index contributed by atoms with van der Waals surface area (Å²) < 4.78 is 56.6. The van der Waals surface area contributed by atoms with E-state index in [1.165, 1.54) is 69.9 Å². The third-order valence-corrected chi connectivity index (χ3v) is 14.8. The Morgan fingerprint density at radius 1 is 0.720 bits per heavy atom. The number of nitrogens with zero attached hydrogens (tertiary/aromatic N) is 2. The van der Waals surface area contributed by atoms with Crippen molar-refractivity contribution in [1.82, 2.24) is 9.55 Å². The van der Waals surface area contributed by atoms with Crippen LogP contribution in [0.5, 0.6) is 0 Å². The number of unbranched alkanes of at least 4 members (excludes halogenated alkanes) is 15. The molecule has 1 aromatic rings. The Morgan fingerprint density at radius 2 is 1.27 bits per heavy atom. The van der Waals surface area contributed by atoms with Crippen molar-refractivity contribution in [1.29, 1.82) is 0 Å². The number of rotatable bonds is 43. The average molecular weight is 1110 g/mol. The van der Waals surface area contributed by atoms with Crippen molar-refractivity contribution in [3.05, 3.63) is 71.4 Å². The van der Waals surface area contributed by atoms with Gasteiger partial charge in [-0.2, -0.15) is 9.29 Å². The molecule has 1 aliphatic heterocycles. The fourth-order valence-electron chi connectivity index (χ4n) is 7.88. The summed E-state index contributed by atoms with van der Waals surface area (Å²) in [6.07, 6.45) is 24.1. The SMILES string of the molecule is CCCCC[C@@H](O)/C=C/C=C\C=C\C=C\[C@@H](O)[C@H](O)CCCC(=O)OC[C@H](COP(=O)(O)OP(=O)(O)OC[C@H]1O[C@@H](n2ccc(N)nc2=O)[C@H](O)[C@@H]1O)OC(=O)CCCCCCCCCCCCCCCCC(C)C. The Bertz CT molecular complexity index is 2020. The molecule has 1 saturated heterocycles. The standard InChI is InChI=1S/C52H89N3O18P2/c1-4-5-22-29-41(56)30-24-19-16-17-20-25-31-43(57)44(58)32-27-34-47(59)68-37-42(71-48(60)33-26-21-15-13-11-9-7-6-8-10-12-14-18-23-28-40(2)3)38-69-74(64,65)73-75(66,67)70-39-45-49(61)50(62)51(72-45)55-36-35-46(53)54-52(55)63/h16-17,19-20,24-25,30-31,35-36,40-45,49-51,56-58,61-62H,4-15,18,21-23,26-29,32-34,37-39H2,1-3H3,(H,64,65)(H,66,67)(H2,53,54,63)/b19-16-,20-17+,30-24+,31-25+/t41-,42-,43-,44-,45-,49-,50-,51-/m1/s1. The number of aliphatic hydroxyl groups is 5. The van der Waals surface area contributed by atoms with E-state index in [0.717, 1.165) is 68.0 Å². The van der Waals surface area contributed by atoms with Crippen LogP contribution in [-0.2, 0) is 46.3 Å². The number of carbonyl (C=O) groups is 2. The molecule has 0 aromatic carbocycles. The van der Waals surface area contributed by atoms with Crippen LogP contribution < -0.4 is 11.4 Å². The zero-order valence-corrected chi connectivity index (χ0v) is 46.1. The number of phosphoric acid groups is 2. The first-order chi connectivity index (χ1) is 35.7. The third-order valence-electron chi connectivity index (χ3n) is 12.2. The lowest BCUT2D eigenvalue weighted by molar-refractivity contribution is -0.161. The number of hydrogen-bond donors (Lipinski definition) is 8.